The van der Waals surface area contributed by atoms with Crippen molar-refractivity contribution in [1.29, 1.82) is 0 Å². The van der Waals surface area contributed by atoms with Crippen LogP contribution in [-0.4, -0.2) is 33.5 Å². The Morgan fingerprint density at radius 2 is 2.21 bits per heavy atom. The summed E-state index contributed by atoms with van der Waals surface area (Å²) in [4.78, 5) is 17.1. The summed E-state index contributed by atoms with van der Waals surface area (Å²) in [6, 6.07) is 0.504. The summed E-state index contributed by atoms with van der Waals surface area (Å²) in [6.45, 7) is 7.42. The molecule has 0 amide bonds. The molecule has 1 aliphatic rings. The molecule has 0 aliphatic heterocycles. The van der Waals surface area contributed by atoms with Crippen molar-refractivity contribution in [1.82, 2.24) is 9.88 Å². The molecule has 0 unspecified atom stereocenters. The van der Waals surface area contributed by atoms with E-state index in [0.29, 0.717) is 25.0 Å². The smallest absolute Gasteiger partial charge is 0.304 e. The van der Waals surface area contributed by atoms with Crippen LogP contribution in [0.25, 0.3) is 0 Å². The molecular formula is C14H22N2O3. The topological polar surface area (TPSA) is 66.6 Å². The number of oxazole rings is 1. The maximum absolute atomic E-state index is 10.7. The lowest BCUT2D eigenvalue weighted by Crippen LogP contribution is -2.28. The van der Waals surface area contributed by atoms with Crippen LogP contribution in [0.15, 0.2) is 10.6 Å². The van der Waals surface area contributed by atoms with E-state index in [0.717, 1.165) is 18.6 Å². The summed E-state index contributed by atoms with van der Waals surface area (Å²) >= 11 is 0. The standard InChI is InChI=1S/C14H22N2O3/c1-14(2,3)11-8-15-12(19-11)9-16(10-4-5-10)7-6-13(17)18/h8,10H,4-7,9H2,1-3H3,(H,17,18). The van der Waals surface area contributed by atoms with Crippen molar-refractivity contribution >= 4 is 5.97 Å². The highest BCUT2D eigenvalue weighted by Crippen LogP contribution is 2.29. The van der Waals surface area contributed by atoms with Crippen molar-refractivity contribution in [3.63, 3.8) is 0 Å². The molecule has 106 valence electrons. The quantitative estimate of drug-likeness (QED) is 0.856. The first-order chi connectivity index (χ1) is 8.86. The van der Waals surface area contributed by atoms with Crippen molar-refractivity contribution in [3.05, 3.63) is 17.8 Å². The van der Waals surface area contributed by atoms with Crippen molar-refractivity contribution in [2.24, 2.45) is 0 Å². The number of hydrogen-bond acceptors (Lipinski definition) is 4. The molecule has 19 heavy (non-hydrogen) atoms. The molecule has 5 nitrogen and oxygen atoms in total. The fraction of sp³-hybridized carbons (Fsp3) is 0.714. The molecule has 0 atom stereocenters. The monoisotopic (exact) mass is 266 g/mol. The van der Waals surface area contributed by atoms with Gasteiger partial charge in [-0.2, -0.15) is 0 Å². The van der Waals surface area contributed by atoms with E-state index in [2.05, 4.69) is 30.7 Å². The Kier molecular flexibility index (Phi) is 3.94. The SMILES string of the molecule is CC(C)(C)c1cnc(CN(CCC(=O)O)C2CC2)o1. The highest BCUT2D eigenvalue weighted by Gasteiger charge is 2.30. The lowest BCUT2D eigenvalue weighted by atomic mass is 9.94. The van der Waals surface area contributed by atoms with E-state index < -0.39 is 5.97 Å². The number of aliphatic carboxylic acids is 1. The number of rotatable bonds is 6. The van der Waals surface area contributed by atoms with Gasteiger partial charge in [0.1, 0.15) is 5.76 Å². The molecule has 2 rings (SSSR count). The molecule has 0 saturated heterocycles. The number of nitrogens with zero attached hydrogens (tertiary/aromatic N) is 2. The Morgan fingerprint density at radius 3 is 2.68 bits per heavy atom. The molecule has 5 heteroatoms. The second-order valence-corrected chi connectivity index (χ2v) is 6.21. The number of aromatic nitrogens is 1. The van der Waals surface area contributed by atoms with Gasteiger partial charge in [-0.25, -0.2) is 4.98 Å². The van der Waals surface area contributed by atoms with Crippen LogP contribution in [0, 0.1) is 0 Å². The molecule has 1 fully saturated rings. The van der Waals surface area contributed by atoms with E-state index >= 15 is 0 Å². The van der Waals surface area contributed by atoms with Crippen molar-refractivity contribution in [2.45, 2.75) is 58.0 Å². The van der Waals surface area contributed by atoms with E-state index in [1.165, 1.54) is 0 Å². The average Bonchev–Trinajstić information content (AvgIpc) is 3.02. The lowest BCUT2D eigenvalue weighted by Gasteiger charge is -2.19. The van der Waals surface area contributed by atoms with E-state index in [1.54, 1.807) is 6.20 Å². The number of carboxylic acids is 1. The minimum Gasteiger partial charge on any atom is -0.481 e. The number of carbonyl (C=O) groups is 1. The normalized spacial score (nSPS) is 16.0. The summed E-state index contributed by atoms with van der Waals surface area (Å²) in [5, 5.41) is 8.78. The van der Waals surface area contributed by atoms with Crippen LogP contribution in [0.3, 0.4) is 0 Å². The molecule has 1 aliphatic carbocycles. The molecular weight excluding hydrogens is 244 g/mol. The maximum atomic E-state index is 10.7. The molecule has 0 radical (unpaired) electrons. The molecule has 0 aromatic carbocycles. The third-order valence-corrected chi connectivity index (χ3v) is 3.31. The third-order valence-electron chi connectivity index (χ3n) is 3.31. The molecule has 1 saturated carbocycles. The summed E-state index contributed by atoms with van der Waals surface area (Å²) in [5.41, 5.74) is -0.0449. The van der Waals surface area contributed by atoms with E-state index in [9.17, 15) is 4.79 Å². The van der Waals surface area contributed by atoms with Crippen LogP contribution in [-0.2, 0) is 16.8 Å². The van der Waals surface area contributed by atoms with Crippen molar-refractivity contribution in [3.8, 4) is 0 Å². The van der Waals surface area contributed by atoms with Crippen molar-refractivity contribution < 1.29 is 14.3 Å². The Hall–Kier alpha value is -1.36. The van der Waals surface area contributed by atoms with Crippen LogP contribution in [0.1, 0.15) is 51.7 Å². The average molecular weight is 266 g/mol. The van der Waals surface area contributed by atoms with Gasteiger partial charge in [-0.15, -0.1) is 0 Å². The summed E-state index contributed by atoms with van der Waals surface area (Å²) < 4.78 is 5.76. The fourth-order valence-corrected chi connectivity index (χ4v) is 1.97. The highest BCUT2D eigenvalue weighted by molar-refractivity contribution is 5.66. The van der Waals surface area contributed by atoms with Gasteiger partial charge in [-0.05, 0) is 12.8 Å². The van der Waals surface area contributed by atoms with Gasteiger partial charge in [0.25, 0.3) is 0 Å². The molecule has 1 aromatic heterocycles. The summed E-state index contributed by atoms with van der Waals surface area (Å²) in [5.74, 6) is 0.798. The second-order valence-electron chi connectivity index (χ2n) is 6.21. The predicted octanol–water partition coefficient (Wildman–Crippen LogP) is 2.41. The molecule has 0 spiro atoms. The first-order valence-electron chi connectivity index (χ1n) is 6.77. The van der Waals surface area contributed by atoms with Crippen LogP contribution in [0.5, 0.6) is 0 Å². The van der Waals surface area contributed by atoms with Gasteiger partial charge in [-0.1, -0.05) is 20.8 Å². The van der Waals surface area contributed by atoms with Crippen LogP contribution >= 0.6 is 0 Å². The van der Waals surface area contributed by atoms with Crippen LogP contribution < -0.4 is 0 Å². The minimum atomic E-state index is -0.756. The Bertz CT molecular complexity index is 444. The minimum absolute atomic E-state index is 0.0449. The summed E-state index contributed by atoms with van der Waals surface area (Å²) in [7, 11) is 0. The van der Waals surface area contributed by atoms with Gasteiger partial charge in [0.05, 0.1) is 19.2 Å². The number of hydrogen-bond donors (Lipinski definition) is 1. The van der Waals surface area contributed by atoms with Gasteiger partial charge in [0.15, 0.2) is 0 Å². The summed E-state index contributed by atoms with van der Waals surface area (Å²) in [6.07, 6.45) is 4.24. The maximum Gasteiger partial charge on any atom is 0.304 e. The Balaban J connectivity index is 1.97. The highest BCUT2D eigenvalue weighted by atomic mass is 16.4. The first-order valence-corrected chi connectivity index (χ1v) is 6.77. The largest absolute Gasteiger partial charge is 0.481 e. The zero-order valence-corrected chi connectivity index (χ0v) is 11.8. The van der Waals surface area contributed by atoms with E-state index in [-0.39, 0.29) is 11.8 Å². The third kappa shape index (κ3) is 4.06. The molecule has 1 N–H and O–H groups in total. The molecule has 0 bridgehead atoms. The lowest BCUT2D eigenvalue weighted by molar-refractivity contribution is -0.137. The van der Waals surface area contributed by atoms with E-state index in [1.807, 2.05) is 0 Å². The van der Waals surface area contributed by atoms with Gasteiger partial charge < -0.3 is 9.52 Å². The Labute approximate surface area is 113 Å². The van der Waals surface area contributed by atoms with E-state index in [4.69, 9.17) is 9.52 Å². The zero-order valence-electron chi connectivity index (χ0n) is 11.8. The molecule has 1 aromatic rings. The first kappa shape index (κ1) is 14.1. The predicted molar refractivity (Wildman–Crippen MR) is 70.9 cm³/mol. The van der Waals surface area contributed by atoms with Gasteiger partial charge in [-0.3, -0.25) is 9.69 Å². The van der Waals surface area contributed by atoms with Crippen LogP contribution in [0.4, 0.5) is 0 Å². The Morgan fingerprint density at radius 1 is 1.53 bits per heavy atom. The van der Waals surface area contributed by atoms with Gasteiger partial charge >= 0.3 is 5.97 Å². The van der Waals surface area contributed by atoms with Crippen LogP contribution in [0.2, 0.25) is 0 Å². The van der Waals surface area contributed by atoms with Gasteiger partial charge in [0, 0.05) is 18.0 Å². The number of carboxylic acid groups (broad SMARTS) is 1. The molecule has 1 heterocycles. The fourth-order valence-electron chi connectivity index (χ4n) is 1.97. The second kappa shape index (κ2) is 5.33. The van der Waals surface area contributed by atoms with Gasteiger partial charge in [0.2, 0.25) is 5.89 Å². The zero-order chi connectivity index (χ0) is 14.0. The van der Waals surface area contributed by atoms with Crippen molar-refractivity contribution in [2.75, 3.05) is 6.54 Å².